The maximum absolute atomic E-state index is 8.87. The average Bonchev–Trinajstić information content (AvgIpc) is 3.12. The van der Waals surface area contributed by atoms with Crippen molar-refractivity contribution in [1.82, 2.24) is 0 Å². The molecule has 0 radical (unpaired) electrons. The van der Waals surface area contributed by atoms with E-state index in [2.05, 4.69) is 0 Å². The fourth-order valence-corrected chi connectivity index (χ4v) is 2.39. The van der Waals surface area contributed by atoms with E-state index in [4.69, 9.17) is 29.5 Å². The molecule has 2 aromatic rings. The average molecular weight is 334 g/mol. The Balaban J connectivity index is 1.80. The van der Waals surface area contributed by atoms with Gasteiger partial charge in [-0.2, -0.15) is 10.5 Å². The number of nitrogens with zero attached hydrogens (tertiary/aromatic N) is 2. The Hall–Kier alpha value is -3.64. The SMILES string of the molecule is COc1ccc(C=C(C#N)C#N)cc1COc1ccc2c(c1)OCO2. The largest absolute Gasteiger partial charge is 0.496 e. The van der Waals surface area contributed by atoms with Gasteiger partial charge in [0.25, 0.3) is 0 Å². The van der Waals surface area contributed by atoms with Crippen molar-refractivity contribution in [3.8, 4) is 35.1 Å². The molecule has 1 heterocycles. The van der Waals surface area contributed by atoms with Gasteiger partial charge in [0.05, 0.1) is 7.11 Å². The van der Waals surface area contributed by atoms with Crippen molar-refractivity contribution in [3.63, 3.8) is 0 Å². The molecule has 6 heteroatoms. The summed E-state index contributed by atoms with van der Waals surface area (Å²) in [5.41, 5.74) is 1.56. The number of methoxy groups -OCH3 is 1. The molecule has 0 bridgehead atoms. The summed E-state index contributed by atoms with van der Waals surface area (Å²) >= 11 is 0. The van der Waals surface area contributed by atoms with Crippen LogP contribution in [0.15, 0.2) is 42.0 Å². The molecule has 3 rings (SSSR count). The molecule has 2 aromatic carbocycles. The van der Waals surface area contributed by atoms with Crippen LogP contribution in [0.4, 0.5) is 0 Å². The summed E-state index contributed by atoms with van der Waals surface area (Å²) in [5, 5.41) is 17.7. The van der Waals surface area contributed by atoms with Crippen LogP contribution in [0.25, 0.3) is 6.08 Å². The first-order chi connectivity index (χ1) is 12.2. The van der Waals surface area contributed by atoms with Gasteiger partial charge in [-0.3, -0.25) is 0 Å². The van der Waals surface area contributed by atoms with Crippen molar-refractivity contribution in [3.05, 3.63) is 53.1 Å². The van der Waals surface area contributed by atoms with Gasteiger partial charge in [-0.25, -0.2) is 0 Å². The van der Waals surface area contributed by atoms with E-state index in [0.717, 1.165) is 11.1 Å². The van der Waals surface area contributed by atoms with Crippen molar-refractivity contribution in [1.29, 1.82) is 10.5 Å². The summed E-state index contributed by atoms with van der Waals surface area (Å²) in [4.78, 5) is 0. The molecule has 0 aromatic heterocycles. The van der Waals surface area contributed by atoms with E-state index in [9.17, 15) is 0 Å². The molecule has 0 N–H and O–H groups in total. The van der Waals surface area contributed by atoms with Crippen molar-refractivity contribution in [2.45, 2.75) is 6.61 Å². The van der Waals surface area contributed by atoms with Crippen molar-refractivity contribution < 1.29 is 18.9 Å². The lowest BCUT2D eigenvalue weighted by molar-refractivity contribution is 0.173. The quantitative estimate of drug-likeness (QED) is 0.779. The van der Waals surface area contributed by atoms with Gasteiger partial charge < -0.3 is 18.9 Å². The zero-order valence-electron chi connectivity index (χ0n) is 13.5. The van der Waals surface area contributed by atoms with Crippen LogP contribution in [-0.2, 0) is 6.61 Å². The Kier molecular flexibility index (Phi) is 4.73. The maximum Gasteiger partial charge on any atom is 0.231 e. The van der Waals surface area contributed by atoms with Gasteiger partial charge in [0.15, 0.2) is 11.5 Å². The van der Waals surface area contributed by atoms with E-state index in [1.54, 1.807) is 37.4 Å². The normalized spacial score (nSPS) is 11.2. The van der Waals surface area contributed by atoms with Crippen molar-refractivity contribution in [2.75, 3.05) is 13.9 Å². The number of ether oxygens (including phenoxy) is 4. The van der Waals surface area contributed by atoms with Crippen molar-refractivity contribution >= 4 is 6.08 Å². The molecule has 6 nitrogen and oxygen atoms in total. The predicted molar refractivity (Wildman–Crippen MR) is 89.1 cm³/mol. The molecule has 0 unspecified atom stereocenters. The lowest BCUT2D eigenvalue weighted by Crippen LogP contribution is -1.99. The monoisotopic (exact) mass is 334 g/mol. The van der Waals surface area contributed by atoms with Crippen LogP contribution < -0.4 is 18.9 Å². The first-order valence-electron chi connectivity index (χ1n) is 7.44. The van der Waals surface area contributed by atoms with E-state index in [-0.39, 0.29) is 19.0 Å². The smallest absolute Gasteiger partial charge is 0.231 e. The van der Waals surface area contributed by atoms with Gasteiger partial charge in [-0.1, -0.05) is 6.07 Å². The highest BCUT2D eigenvalue weighted by atomic mass is 16.7. The second-order valence-electron chi connectivity index (χ2n) is 5.16. The summed E-state index contributed by atoms with van der Waals surface area (Å²) in [5.74, 6) is 2.64. The first kappa shape index (κ1) is 16.2. The summed E-state index contributed by atoms with van der Waals surface area (Å²) in [6.07, 6.45) is 1.52. The lowest BCUT2D eigenvalue weighted by Gasteiger charge is -2.11. The fourth-order valence-electron chi connectivity index (χ4n) is 2.39. The molecule has 1 aliphatic heterocycles. The number of allylic oxidation sites excluding steroid dienone is 1. The zero-order chi connectivity index (χ0) is 17.6. The molecule has 0 atom stereocenters. The fraction of sp³-hybridized carbons (Fsp3) is 0.158. The lowest BCUT2D eigenvalue weighted by atomic mass is 10.1. The zero-order valence-corrected chi connectivity index (χ0v) is 13.5. The van der Waals surface area contributed by atoms with E-state index in [1.165, 1.54) is 6.08 Å². The summed E-state index contributed by atoms with van der Waals surface area (Å²) in [6.45, 7) is 0.472. The molecule has 0 saturated heterocycles. The van der Waals surface area contributed by atoms with Crippen LogP contribution in [0.2, 0.25) is 0 Å². The molecule has 0 fully saturated rings. The van der Waals surface area contributed by atoms with Crippen LogP contribution in [-0.4, -0.2) is 13.9 Å². The summed E-state index contributed by atoms with van der Waals surface area (Å²) in [7, 11) is 1.57. The van der Waals surface area contributed by atoms with Crippen LogP contribution in [0.3, 0.4) is 0 Å². The molecule has 0 amide bonds. The van der Waals surface area contributed by atoms with Gasteiger partial charge >= 0.3 is 0 Å². The number of hydrogen-bond acceptors (Lipinski definition) is 6. The Labute approximate surface area is 145 Å². The third-order valence-corrected chi connectivity index (χ3v) is 3.59. The number of nitriles is 2. The third kappa shape index (κ3) is 3.65. The topological polar surface area (TPSA) is 84.5 Å². The van der Waals surface area contributed by atoms with E-state index in [1.807, 2.05) is 18.2 Å². The summed E-state index contributed by atoms with van der Waals surface area (Å²) < 4.78 is 21.7. The second kappa shape index (κ2) is 7.29. The molecule has 1 aliphatic rings. The van der Waals surface area contributed by atoms with E-state index >= 15 is 0 Å². The molecule has 0 aliphatic carbocycles. The molecular weight excluding hydrogens is 320 g/mol. The standard InChI is InChI=1S/C19H14N2O4/c1-22-17-4-2-13(6-14(9-20)10-21)7-15(17)11-23-16-3-5-18-19(8-16)25-12-24-18/h2-8H,11-12H2,1H3. The number of hydrogen-bond donors (Lipinski definition) is 0. The second-order valence-corrected chi connectivity index (χ2v) is 5.16. The first-order valence-corrected chi connectivity index (χ1v) is 7.44. The minimum atomic E-state index is 0.0350. The van der Waals surface area contributed by atoms with Gasteiger partial charge in [-0.05, 0) is 35.9 Å². The van der Waals surface area contributed by atoms with Crippen molar-refractivity contribution in [2.24, 2.45) is 0 Å². The highest BCUT2D eigenvalue weighted by molar-refractivity contribution is 5.63. The van der Waals surface area contributed by atoms with Gasteiger partial charge in [0, 0.05) is 11.6 Å². The molecule has 124 valence electrons. The number of benzene rings is 2. The highest BCUT2D eigenvalue weighted by Gasteiger charge is 2.14. The Morgan fingerprint density at radius 3 is 2.68 bits per heavy atom. The van der Waals surface area contributed by atoms with Gasteiger partial charge in [0.2, 0.25) is 6.79 Å². The van der Waals surface area contributed by atoms with Gasteiger partial charge in [0.1, 0.15) is 35.8 Å². The van der Waals surface area contributed by atoms with Gasteiger partial charge in [-0.15, -0.1) is 0 Å². The maximum atomic E-state index is 8.87. The Morgan fingerprint density at radius 1 is 1.12 bits per heavy atom. The highest BCUT2D eigenvalue weighted by Crippen LogP contribution is 2.35. The summed E-state index contributed by atoms with van der Waals surface area (Å²) in [6, 6.07) is 14.4. The Morgan fingerprint density at radius 2 is 1.92 bits per heavy atom. The van der Waals surface area contributed by atoms with E-state index in [0.29, 0.717) is 23.0 Å². The molecule has 25 heavy (non-hydrogen) atoms. The third-order valence-electron chi connectivity index (χ3n) is 3.59. The molecule has 0 spiro atoms. The van der Waals surface area contributed by atoms with Crippen LogP contribution in [0.5, 0.6) is 23.0 Å². The van der Waals surface area contributed by atoms with E-state index < -0.39 is 0 Å². The van der Waals surface area contributed by atoms with Crippen LogP contribution >= 0.6 is 0 Å². The minimum Gasteiger partial charge on any atom is -0.496 e. The predicted octanol–water partition coefficient (Wildman–Crippen LogP) is 3.43. The Bertz CT molecular complexity index is 891. The van der Waals surface area contributed by atoms with Crippen LogP contribution in [0.1, 0.15) is 11.1 Å². The minimum absolute atomic E-state index is 0.0350. The van der Waals surface area contributed by atoms with Crippen LogP contribution in [0, 0.1) is 22.7 Å². The number of fused-ring (bicyclic) bond motifs is 1. The molecule has 0 saturated carbocycles. The number of rotatable bonds is 5. The molecular formula is C19H14N2O4.